The van der Waals surface area contributed by atoms with Gasteiger partial charge in [-0.2, -0.15) is 0 Å². The molecule has 0 heterocycles. The Hall–Kier alpha value is -1.30. The third-order valence-corrected chi connectivity index (χ3v) is 3.08. The first-order valence-corrected chi connectivity index (χ1v) is 5.70. The monoisotopic (exact) mass is 198 g/mol. The van der Waals surface area contributed by atoms with Gasteiger partial charge in [0.25, 0.3) is 0 Å². The van der Waals surface area contributed by atoms with Crippen LogP contribution in [0.25, 0.3) is 5.57 Å². The summed E-state index contributed by atoms with van der Waals surface area (Å²) < 4.78 is 0. The van der Waals surface area contributed by atoms with Gasteiger partial charge in [-0.05, 0) is 49.8 Å². The molecule has 0 heteroatoms. The van der Waals surface area contributed by atoms with Crippen molar-refractivity contribution in [3.63, 3.8) is 0 Å². The topological polar surface area (TPSA) is 0 Å². The Bertz CT molecular complexity index is 408. The number of hydrogen-bond donors (Lipinski definition) is 0. The van der Waals surface area contributed by atoms with Gasteiger partial charge in [0, 0.05) is 0 Å². The second-order valence-corrected chi connectivity index (χ2v) is 4.37. The average Bonchev–Trinajstić information content (AvgIpc) is 2.44. The Balaban J connectivity index is 2.35. The lowest BCUT2D eigenvalue weighted by Crippen LogP contribution is -1.88. The van der Waals surface area contributed by atoms with Crippen LogP contribution in [0.15, 0.2) is 42.0 Å². The normalized spacial score (nSPS) is 16.7. The van der Waals surface area contributed by atoms with E-state index in [-0.39, 0.29) is 0 Å². The van der Waals surface area contributed by atoms with E-state index in [1.165, 1.54) is 41.5 Å². The maximum atomic E-state index is 2.30. The zero-order chi connectivity index (χ0) is 10.7. The molecule has 2 rings (SSSR count). The molecular weight excluding hydrogens is 180 g/mol. The van der Waals surface area contributed by atoms with E-state index in [1.54, 1.807) is 0 Å². The van der Waals surface area contributed by atoms with Crippen molar-refractivity contribution >= 4 is 5.57 Å². The molecule has 0 amide bonds. The Morgan fingerprint density at radius 1 is 0.933 bits per heavy atom. The lowest BCUT2D eigenvalue weighted by atomic mass is 9.97. The number of rotatable bonds is 1. The summed E-state index contributed by atoms with van der Waals surface area (Å²) in [6.07, 6.45) is 8.30. The highest BCUT2D eigenvalue weighted by molar-refractivity contribution is 5.70. The maximum absolute atomic E-state index is 2.30. The first kappa shape index (κ1) is 10.2. The number of hydrogen-bond acceptors (Lipinski definition) is 0. The van der Waals surface area contributed by atoms with Crippen molar-refractivity contribution in [3.05, 3.63) is 53.1 Å². The highest BCUT2D eigenvalue weighted by atomic mass is 14.1. The minimum atomic E-state index is 1.21. The van der Waals surface area contributed by atoms with Crippen LogP contribution >= 0.6 is 0 Å². The van der Waals surface area contributed by atoms with Crippen molar-refractivity contribution in [2.75, 3.05) is 0 Å². The fourth-order valence-corrected chi connectivity index (χ4v) is 2.12. The van der Waals surface area contributed by atoms with Gasteiger partial charge in [-0.1, -0.05) is 42.0 Å². The van der Waals surface area contributed by atoms with Gasteiger partial charge in [0.05, 0.1) is 0 Å². The van der Waals surface area contributed by atoms with Crippen LogP contribution in [0.5, 0.6) is 0 Å². The standard InChI is InChI=1S/C15H18/c1-12-6-5-8-14(11-10-12)15-9-4-3-7-13(15)2/h3-4,7,9-11H,5-6,8H2,1-2H3. The lowest BCUT2D eigenvalue weighted by molar-refractivity contribution is 0.849. The molecule has 0 atom stereocenters. The first-order chi connectivity index (χ1) is 7.27. The Labute approximate surface area is 92.3 Å². The van der Waals surface area contributed by atoms with Gasteiger partial charge in [-0.25, -0.2) is 0 Å². The molecule has 15 heavy (non-hydrogen) atoms. The van der Waals surface area contributed by atoms with Crippen LogP contribution in [0.3, 0.4) is 0 Å². The summed E-state index contributed by atoms with van der Waals surface area (Å²) in [5, 5.41) is 0. The van der Waals surface area contributed by atoms with Crippen LogP contribution in [-0.4, -0.2) is 0 Å². The minimum absolute atomic E-state index is 1.21. The highest BCUT2D eigenvalue weighted by Crippen LogP contribution is 2.27. The summed E-state index contributed by atoms with van der Waals surface area (Å²) in [5.41, 5.74) is 5.80. The van der Waals surface area contributed by atoms with Crippen molar-refractivity contribution in [3.8, 4) is 0 Å². The smallest absolute Gasteiger partial charge is 0.0195 e. The predicted molar refractivity (Wildman–Crippen MR) is 66.8 cm³/mol. The zero-order valence-corrected chi connectivity index (χ0v) is 9.59. The summed E-state index contributed by atoms with van der Waals surface area (Å²) in [6, 6.07) is 8.66. The van der Waals surface area contributed by atoms with E-state index in [1.807, 2.05) is 0 Å². The van der Waals surface area contributed by atoms with Crippen LogP contribution < -0.4 is 0 Å². The van der Waals surface area contributed by atoms with E-state index in [9.17, 15) is 0 Å². The molecule has 0 radical (unpaired) electrons. The Morgan fingerprint density at radius 3 is 2.53 bits per heavy atom. The SMILES string of the molecule is CC1=CC=C(c2ccccc2C)CCC1. The molecule has 0 fully saturated rings. The molecule has 1 aliphatic rings. The first-order valence-electron chi connectivity index (χ1n) is 5.70. The molecule has 0 aliphatic heterocycles. The summed E-state index contributed by atoms with van der Waals surface area (Å²) in [5.74, 6) is 0. The number of aryl methyl sites for hydroxylation is 1. The highest BCUT2D eigenvalue weighted by Gasteiger charge is 2.06. The minimum Gasteiger partial charge on any atom is -0.0733 e. The summed E-state index contributed by atoms with van der Waals surface area (Å²) >= 11 is 0. The van der Waals surface area contributed by atoms with E-state index in [4.69, 9.17) is 0 Å². The van der Waals surface area contributed by atoms with Gasteiger partial charge < -0.3 is 0 Å². The van der Waals surface area contributed by atoms with Gasteiger partial charge in [-0.15, -0.1) is 0 Å². The third kappa shape index (κ3) is 2.38. The fourth-order valence-electron chi connectivity index (χ4n) is 2.12. The molecule has 0 saturated heterocycles. The van der Waals surface area contributed by atoms with E-state index in [0.29, 0.717) is 0 Å². The van der Waals surface area contributed by atoms with Crippen LogP contribution in [0.2, 0.25) is 0 Å². The van der Waals surface area contributed by atoms with Crippen molar-refractivity contribution in [1.29, 1.82) is 0 Å². The second-order valence-electron chi connectivity index (χ2n) is 4.37. The Kier molecular flexibility index (Phi) is 3.05. The van der Waals surface area contributed by atoms with Gasteiger partial charge in [0.15, 0.2) is 0 Å². The van der Waals surface area contributed by atoms with Gasteiger partial charge in [0.1, 0.15) is 0 Å². The predicted octanol–water partition coefficient (Wildman–Crippen LogP) is 4.51. The number of allylic oxidation sites excluding steroid dienone is 4. The molecule has 0 nitrogen and oxygen atoms in total. The van der Waals surface area contributed by atoms with Crippen LogP contribution in [0.1, 0.15) is 37.3 Å². The summed E-state index contributed by atoms with van der Waals surface area (Å²) in [4.78, 5) is 0. The zero-order valence-electron chi connectivity index (χ0n) is 9.59. The number of benzene rings is 1. The molecule has 1 aliphatic carbocycles. The molecule has 0 aromatic heterocycles. The van der Waals surface area contributed by atoms with Crippen LogP contribution in [-0.2, 0) is 0 Å². The van der Waals surface area contributed by atoms with Gasteiger partial charge >= 0.3 is 0 Å². The molecule has 78 valence electrons. The fraction of sp³-hybridized carbons (Fsp3) is 0.333. The Morgan fingerprint density at radius 2 is 1.73 bits per heavy atom. The van der Waals surface area contributed by atoms with Crippen LogP contribution in [0.4, 0.5) is 0 Å². The van der Waals surface area contributed by atoms with Crippen molar-refractivity contribution in [2.45, 2.75) is 33.1 Å². The maximum Gasteiger partial charge on any atom is -0.0195 e. The molecule has 1 aromatic rings. The average molecular weight is 198 g/mol. The molecule has 0 N–H and O–H groups in total. The van der Waals surface area contributed by atoms with Gasteiger partial charge in [0.2, 0.25) is 0 Å². The molecule has 0 unspecified atom stereocenters. The third-order valence-electron chi connectivity index (χ3n) is 3.08. The van der Waals surface area contributed by atoms with E-state index < -0.39 is 0 Å². The summed E-state index contributed by atoms with van der Waals surface area (Å²) in [7, 11) is 0. The second kappa shape index (κ2) is 4.48. The summed E-state index contributed by atoms with van der Waals surface area (Å²) in [6.45, 7) is 4.41. The van der Waals surface area contributed by atoms with Crippen molar-refractivity contribution < 1.29 is 0 Å². The van der Waals surface area contributed by atoms with Gasteiger partial charge in [-0.3, -0.25) is 0 Å². The van der Waals surface area contributed by atoms with E-state index in [2.05, 4.69) is 50.3 Å². The van der Waals surface area contributed by atoms with E-state index >= 15 is 0 Å². The molecular formula is C15H18. The lowest BCUT2D eigenvalue weighted by Gasteiger charge is -2.08. The molecule has 0 bridgehead atoms. The molecule has 0 spiro atoms. The van der Waals surface area contributed by atoms with Crippen molar-refractivity contribution in [2.24, 2.45) is 0 Å². The van der Waals surface area contributed by atoms with Crippen LogP contribution in [0, 0.1) is 6.92 Å². The largest absolute Gasteiger partial charge is 0.0733 e. The molecule has 1 aromatic carbocycles. The van der Waals surface area contributed by atoms with Crippen molar-refractivity contribution in [1.82, 2.24) is 0 Å². The quantitative estimate of drug-likeness (QED) is 0.623. The van der Waals surface area contributed by atoms with E-state index in [0.717, 1.165) is 0 Å². The molecule has 0 saturated carbocycles.